The van der Waals surface area contributed by atoms with Gasteiger partial charge in [-0.15, -0.1) is 12.4 Å². The van der Waals surface area contributed by atoms with Crippen LogP contribution in [0.25, 0.3) is 0 Å². The van der Waals surface area contributed by atoms with Crippen LogP contribution in [0.1, 0.15) is 13.8 Å². The molecule has 0 aromatic rings. The zero-order chi connectivity index (χ0) is 6.91. The number of halogens is 1. The average Bonchev–Trinajstić information content (AvgIpc) is 2.10. The lowest BCUT2D eigenvalue weighted by Crippen LogP contribution is -2.21. The van der Waals surface area contributed by atoms with E-state index in [9.17, 15) is 0 Å². The number of nitrogens with two attached hydrogens (primary N) is 1. The molecule has 3 nitrogen and oxygen atoms in total. The Morgan fingerprint density at radius 1 is 1.60 bits per heavy atom. The summed E-state index contributed by atoms with van der Waals surface area (Å²) in [5.74, 6) is 0.203. The molecule has 1 aliphatic heterocycles. The van der Waals surface area contributed by atoms with Crippen LogP contribution in [0.4, 0.5) is 0 Å². The molecule has 0 saturated carbocycles. The molecule has 60 valence electrons. The molecule has 1 heterocycles. The van der Waals surface area contributed by atoms with E-state index in [2.05, 4.69) is 0 Å². The summed E-state index contributed by atoms with van der Waals surface area (Å²) < 4.78 is 10.3. The first-order chi connectivity index (χ1) is 4.14. The molecule has 0 aromatic carbocycles. The number of hydrogen-bond acceptors (Lipinski definition) is 3. The molecule has 0 fully saturated rings. The van der Waals surface area contributed by atoms with Crippen molar-refractivity contribution in [2.24, 2.45) is 5.73 Å². The summed E-state index contributed by atoms with van der Waals surface area (Å²) in [6, 6.07) is 0. The van der Waals surface area contributed by atoms with Crippen molar-refractivity contribution >= 4 is 12.4 Å². The van der Waals surface area contributed by atoms with Crippen LogP contribution >= 0.6 is 12.4 Å². The van der Waals surface area contributed by atoms with E-state index in [1.165, 1.54) is 0 Å². The zero-order valence-corrected chi connectivity index (χ0v) is 6.90. The lowest BCUT2D eigenvalue weighted by atomic mass is 10.4. The molecule has 0 radical (unpaired) electrons. The van der Waals surface area contributed by atoms with Gasteiger partial charge < -0.3 is 15.2 Å². The summed E-state index contributed by atoms with van der Waals surface area (Å²) in [7, 11) is 0. The van der Waals surface area contributed by atoms with Crippen molar-refractivity contribution in [2.45, 2.75) is 19.6 Å². The van der Waals surface area contributed by atoms with Crippen LogP contribution in [-0.4, -0.2) is 12.3 Å². The average molecular weight is 166 g/mol. The van der Waals surface area contributed by atoms with Crippen LogP contribution in [-0.2, 0) is 9.47 Å². The maximum atomic E-state index is 5.28. The molecule has 2 N–H and O–H groups in total. The summed E-state index contributed by atoms with van der Waals surface area (Å²) in [6.45, 7) is 4.09. The van der Waals surface area contributed by atoms with Crippen LogP contribution in [0.15, 0.2) is 12.0 Å². The molecule has 0 spiro atoms. The molecule has 10 heavy (non-hydrogen) atoms. The number of ether oxygens (including phenoxy) is 2. The van der Waals surface area contributed by atoms with Gasteiger partial charge in [0.05, 0.1) is 6.54 Å². The SMILES string of the molecule is CC1(C)OC=C(CN)O1.Cl. The van der Waals surface area contributed by atoms with Crippen molar-refractivity contribution < 1.29 is 9.47 Å². The zero-order valence-electron chi connectivity index (χ0n) is 6.09. The first kappa shape index (κ1) is 9.59. The van der Waals surface area contributed by atoms with Crippen molar-refractivity contribution in [3.63, 3.8) is 0 Å². The lowest BCUT2D eigenvalue weighted by Gasteiger charge is -2.17. The third kappa shape index (κ3) is 2.08. The standard InChI is InChI=1S/C6H11NO2.ClH/c1-6(2)8-4-5(3-7)9-6;/h4H,3,7H2,1-2H3;1H. The number of hydrogen-bond donors (Lipinski definition) is 1. The minimum atomic E-state index is -0.505. The largest absolute Gasteiger partial charge is 0.457 e. The normalized spacial score (nSPS) is 20.1. The quantitative estimate of drug-likeness (QED) is 0.630. The van der Waals surface area contributed by atoms with Crippen LogP contribution < -0.4 is 5.73 Å². The van der Waals surface area contributed by atoms with E-state index in [-0.39, 0.29) is 12.4 Å². The van der Waals surface area contributed by atoms with Gasteiger partial charge in [0.1, 0.15) is 12.0 Å². The fourth-order valence-electron chi connectivity index (χ4n) is 0.661. The topological polar surface area (TPSA) is 44.5 Å². The first-order valence-electron chi connectivity index (χ1n) is 2.90. The van der Waals surface area contributed by atoms with Crippen molar-refractivity contribution in [2.75, 3.05) is 6.54 Å². The smallest absolute Gasteiger partial charge is 0.244 e. The molecule has 1 rings (SSSR count). The van der Waals surface area contributed by atoms with Gasteiger partial charge in [0.15, 0.2) is 0 Å². The second kappa shape index (κ2) is 3.12. The van der Waals surface area contributed by atoms with Crippen molar-refractivity contribution in [3.05, 3.63) is 12.0 Å². The molecule has 1 aliphatic rings. The Hall–Kier alpha value is -0.410. The summed E-state index contributed by atoms with van der Waals surface area (Å²) >= 11 is 0. The maximum absolute atomic E-state index is 5.28. The minimum Gasteiger partial charge on any atom is -0.457 e. The highest BCUT2D eigenvalue weighted by molar-refractivity contribution is 5.85. The van der Waals surface area contributed by atoms with Gasteiger partial charge in [0, 0.05) is 13.8 Å². The van der Waals surface area contributed by atoms with Gasteiger partial charge in [0.25, 0.3) is 0 Å². The molecule has 0 saturated heterocycles. The molecular weight excluding hydrogens is 154 g/mol. The Labute approximate surface area is 66.6 Å². The second-order valence-corrected chi connectivity index (χ2v) is 2.41. The summed E-state index contributed by atoms with van der Waals surface area (Å²) in [5, 5.41) is 0. The monoisotopic (exact) mass is 165 g/mol. The molecule has 0 aliphatic carbocycles. The van der Waals surface area contributed by atoms with E-state index in [0.717, 1.165) is 0 Å². The number of rotatable bonds is 1. The van der Waals surface area contributed by atoms with Crippen molar-refractivity contribution in [3.8, 4) is 0 Å². The molecule has 0 amide bonds. The van der Waals surface area contributed by atoms with Crippen LogP contribution in [0, 0.1) is 0 Å². The first-order valence-corrected chi connectivity index (χ1v) is 2.90. The second-order valence-electron chi connectivity index (χ2n) is 2.41. The van der Waals surface area contributed by atoms with Gasteiger partial charge in [-0.25, -0.2) is 0 Å². The Bertz CT molecular complexity index is 145. The predicted molar refractivity (Wildman–Crippen MR) is 40.6 cm³/mol. The van der Waals surface area contributed by atoms with Gasteiger partial charge in [0.2, 0.25) is 5.79 Å². The Balaban J connectivity index is 0.000000810. The summed E-state index contributed by atoms with van der Waals surface area (Å²) in [5.41, 5.74) is 5.28. The molecule has 0 bridgehead atoms. The fraction of sp³-hybridized carbons (Fsp3) is 0.667. The highest BCUT2D eigenvalue weighted by Gasteiger charge is 2.26. The summed E-state index contributed by atoms with van der Waals surface area (Å²) in [6.07, 6.45) is 1.56. The third-order valence-corrected chi connectivity index (χ3v) is 1.05. The molecule has 0 aromatic heterocycles. The van der Waals surface area contributed by atoms with Crippen LogP contribution in [0.2, 0.25) is 0 Å². The minimum absolute atomic E-state index is 0. The van der Waals surface area contributed by atoms with E-state index >= 15 is 0 Å². The molecule has 0 unspecified atom stereocenters. The Kier molecular flexibility index (Phi) is 2.99. The predicted octanol–water partition coefficient (Wildman–Crippen LogP) is 0.991. The van der Waals surface area contributed by atoms with Gasteiger partial charge in [-0.1, -0.05) is 0 Å². The maximum Gasteiger partial charge on any atom is 0.244 e. The summed E-state index contributed by atoms with van der Waals surface area (Å²) in [4.78, 5) is 0. The third-order valence-electron chi connectivity index (χ3n) is 1.05. The lowest BCUT2D eigenvalue weighted by molar-refractivity contribution is -0.116. The Morgan fingerprint density at radius 3 is 2.40 bits per heavy atom. The van der Waals surface area contributed by atoms with E-state index in [4.69, 9.17) is 15.2 Å². The van der Waals surface area contributed by atoms with E-state index < -0.39 is 5.79 Å². The van der Waals surface area contributed by atoms with Gasteiger partial charge in [-0.2, -0.15) is 0 Å². The van der Waals surface area contributed by atoms with Crippen molar-refractivity contribution in [1.29, 1.82) is 0 Å². The van der Waals surface area contributed by atoms with E-state index in [1.54, 1.807) is 6.26 Å². The van der Waals surface area contributed by atoms with Crippen LogP contribution in [0.3, 0.4) is 0 Å². The highest BCUT2D eigenvalue weighted by Crippen LogP contribution is 2.22. The molecular formula is C6H12ClNO2. The van der Waals surface area contributed by atoms with Gasteiger partial charge in [-0.05, 0) is 0 Å². The van der Waals surface area contributed by atoms with Gasteiger partial charge >= 0.3 is 0 Å². The van der Waals surface area contributed by atoms with Crippen molar-refractivity contribution in [1.82, 2.24) is 0 Å². The van der Waals surface area contributed by atoms with E-state index in [0.29, 0.717) is 12.3 Å². The highest BCUT2D eigenvalue weighted by atomic mass is 35.5. The molecule has 0 atom stereocenters. The Morgan fingerprint density at radius 2 is 2.20 bits per heavy atom. The van der Waals surface area contributed by atoms with Crippen LogP contribution in [0.5, 0.6) is 0 Å². The molecule has 4 heteroatoms. The van der Waals surface area contributed by atoms with E-state index in [1.807, 2.05) is 13.8 Å². The van der Waals surface area contributed by atoms with Gasteiger partial charge in [-0.3, -0.25) is 0 Å². The fourth-order valence-corrected chi connectivity index (χ4v) is 0.661.